The molecule has 0 amide bonds. The number of nitrogens with zero attached hydrogens (tertiary/aromatic N) is 2. The fourth-order valence-corrected chi connectivity index (χ4v) is 2.64. The maximum absolute atomic E-state index is 12.8. The first-order valence-corrected chi connectivity index (χ1v) is 8.05. The van der Waals surface area contributed by atoms with Crippen LogP contribution in [0.4, 0.5) is 0 Å². The molecule has 2 aromatic rings. The van der Waals surface area contributed by atoms with Gasteiger partial charge in [-0.15, -0.1) is 0 Å². The topological polar surface area (TPSA) is 197 Å². The van der Waals surface area contributed by atoms with Crippen LogP contribution in [0.1, 0.15) is 31.8 Å². The number of carbonyl (C=O) groups is 4. The van der Waals surface area contributed by atoms with Crippen LogP contribution in [0.25, 0.3) is 0 Å². The summed E-state index contributed by atoms with van der Waals surface area (Å²) in [6.07, 6.45) is 0. The van der Waals surface area contributed by atoms with Crippen molar-refractivity contribution in [2.45, 2.75) is 11.2 Å². The Kier molecular flexibility index (Phi) is 5.79. The minimum Gasteiger partial charge on any atom is -0.479 e. The molecule has 0 spiro atoms. The van der Waals surface area contributed by atoms with E-state index in [1.807, 2.05) is 0 Å². The number of aliphatic carboxylic acids is 2. The van der Waals surface area contributed by atoms with Crippen LogP contribution < -0.4 is 0 Å². The van der Waals surface area contributed by atoms with Crippen LogP contribution in [0, 0.1) is 22.7 Å². The predicted octanol–water partition coefficient (Wildman–Crippen LogP) is 0.127. The van der Waals surface area contributed by atoms with Crippen molar-refractivity contribution < 1.29 is 39.6 Å². The minimum atomic E-state index is -4.11. The molecular formula is C20H12N2O8. The van der Waals surface area contributed by atoms with Gasteiger partial charge in [0.15, 0.2) is 0 Å². The van der Waals surface area contributed by atoms with Crippen molar-refractivity contribution >= 4 is 23.5 Å². The first-order valence-electron chi connectivity index (χ1n) is 8.05. The zero-order valence-electron chi connectivity index (χ0n) is 14.9. The summed E-state index contributed by atoms with van der Waals surface area (Å²) in [5, 5.41) is 57.8. The average molecular weight is 408 g/mol. The number of rotatable bonds is 7. The van der Waals surface area contributed by atoms with Gasteiger partial charge in [-0.2, -0.15) is 10.5 Å². The van der Waals surface area contributed by atoms with Crippen LogP contribution in [-0.4, -0.2) is 55.1 Å². The van der Waals surface area contributed by atoms with E-state index in [2.05, 4.69) is 0 Å². The van der Waals surface area contributed by atoms with Crippen molar-refractivity contribution in [1.82, 2.24) is 0 Å². The van der Waals surface area contributed by atoms with Crippen molar-refractivity contribution in [3.63, 3.8) is 0 Å². The van der Waals surface area contributed by atoms with E-state index in [9.17, 15) is 39.6 Å². The first-order chi connectivity index (χ1) is 14.0. The van der Waals surface area contributed by atoms with Crippen molar-refractivity contribution in [3.05, 3.63) is 70.8 Å². The van der Waals surface area contributed by atoms with Gasteiger partial charge >= 0.3 is 11.9 Å². The number of carbonyl (C=O) groups excluding carboxylic acids is 2. The minimum absolute atomic E-state index is 0.0765. The molecule has 30 heavy (non-hydrogen) atoms. The van der Waals surface area contributed by atoms with Crippen molar-refractivity contribution in [1.29, 1.82) is 10.5 Å². The van der Waals surface area contributed by atoms with Gasteiger partial charge < -0.3 is 20.4 Å². The van der Waals surface area contributed by atoms with Gasteiger partial charge in [-0.1, -0.05) is 0 Å². The summed E-state index contributed by atoms with van der Waals surface area (Å²) in [6, 6.07) is 11.6. The lowest BCUT2D eigenvalue weighted by Gasteiger charge is -2.34. The number of hydrogen-bond acceptors (Lipinski definition) is 8. The molecule has 0 radical (unpaired) electrons. The zero-order valence-corrected chi connectivity index (χ0v) is 14.9. The standard InChI is InChI=1S/C20H12N2O8/c21-9-11-1-5-13(6-2-11)15(23)19(29,17(25)26)20(30,18(27)28)16(24)14-7-3-12(10-22)4-8-14/h1-8,29-30H,(H,25,26)(H,27,28). The number of benzene rings is 2. The molecule has 150 valence electrons. The molecule has 4 N–H and O–H groups in total. The van der Waals surface area contributed by atoms with Gasteiger partial charge in [-0.05, 0) is 48.5 Å². The Balaban J connectivity index is 2.68. The Morgan fingerprint density at radius 2 is 0.900 bits per heavy atom. The molecule has 0 aliphatic rings. The van der Waals surface area contributed by atoms with Gasteiger partial charge in [0.05, 0.1) is 23.3 Å². The zero-order chi connectivity index (χ0) is 22.7. The summed E-state index contributed by atoms with van der Waals surface area (Å²) in [7, 11) is 0. The monoisotopic (exact) mass is 408 g/mol. The highest BCUT2D eigenvalue weighted by molar-refractivity contribution is 6.28. The van der Waals surface area contributed by atoms with E-state index in [0.29, 0.717) is 0 Å². The number of carboxylic acid groups (broad SMARTS) is 2. The summed E-state index contributed by atoms with van der Waals surface area (Å²) in [4.78, 5) is 49.1. The molecule has 0 aliphatic carbocycles. The highest BCUT2D eigenvalue weighted by Gasteiger charge is 2.69. The SMILES string of the molecule is N#Cc1ccc(C(=O)C(O)(C(=O)O)C(O)(C(=O)O)C(=O)c2ccc(C#N)cc2)cc1. The van der Waals surface area contributed by atoms with Gasteiger partial charge in [-0.3, -0.25) is 9.59 Å². The predicted molar refractivity (Wildman–Crippen MR) is 96.1 cm³/mol. The molecule has 2 aromatic carbocycles. The summed E-state index contributed by atoms with van der Waals surface area (Å²) >= 11 is 0. The fourth-order valence-electron chi connectivity index (χ4n) is 2.64. The van der Waals surface area contributed by atoms with E-state index >= 15 is 0 Å². The number of hydrogen-bond donors (Lipinski definition) is 4. The van der Waals surface area contributed by atoms with E-state index in [0.717, 1.165) is 48.5 Å². The van der Waals surface area contributed by atoms with Crippen LogP contribution in [0.2, 0.25) is 0 Å². The molecule has 0 heterocycles. The Labute approximate surface area is 168 Å². The lowest BCUT2D eigenvalue weighted by molar-refractivity contribution is -0.187. The molecule has 10 nitrogen and oxygen atoms in total. The number of nitriles is 2. The Hall–Kier alpha value is -4.38. The second-order valence-electron chi connectivity index (χ2n) is 6.07. The lowest BCUT2D eigenvalue weighted by Crippen LogP contribution is -2.71. The van der Waals surface area contributed by atoms with E-state index in [-0.39, 0.29) is 11.1 Å². The second-order valence-corrected chi connectivity index (χ2v) is 6.07. The van der Waals surface area contributed by atoms with Gasteiger partial charge in [0.2, 0.25) is 11.6 Å². The Morgan fingerprint density at radius 3 is 1.10 bits per heavy atom. The van der Waals surface area contributed by atoms with Gasteiger partial charge in [0, 0.05) is 11.1 Å². The van der Waals surface area contributed by atoms with E-state index in [4.69, 9.17) is 10.5 Å². The molecule has 10 heteroatoms. The Morgan fingerprint density at radius 1 is 0.633 bits per heavy atom. The van der Waals surface area contributed by atoms with E-state index in [1.165, 1.54) is 0 Å². The number of ketones is 2. The quantitative estimate of drug-likeness (QED) is 0.361. The smallest absolute Gasteiger partial charge is 0.348 e. The molecule has 0 saturated carbocycles. The molecule has 0 aromatic heterocycles. The third kappa shape index (κ3) is 3.29. The van der Waals surface area contributed by atoms with Crippen molar-refractivity contribution in [2.75, 3.05) is 0 Å². The average Bonchev–Trinajstić information content (AvgIpc) is 2.76. The molecule has 0 bridgehead atoms. The largest absolute Gasteiger partial charge is 0.479 e. The highest BCUT2D eigenvalue weighted by atomic mass is 16.5. The van der Waals surface area contributed by atoms with Crippen LogP contribution in [0.5, 0.6) is 0 Å². The van der Waals surface area contributed by atoms with Crippen molar-refractivity contribution in [3.8, 4) is 12.1 Å². The summed E-state index contributed by atoms with van der Waals surface area (Å²) in [5.41, 5.74) is -9.20. The maximum atomic E-state index is 12.8. The molecule has 0 saturated heterocycles. The normalized spacial score (nSPS) is 14.3. The van der Waals surface area contributed by atoms with Crippen LogP contribution >= 0.6 is 0 Å². The molecule has 0 fully saturated rings. The third-order valence-electron chi connectivity index (χ3n) is 4.35. The third-order valence-corrected chi connectivity index (χ3v) is 4.35. The van der Waals surface area contributed by atoms with Crippen LogP contribution in [-0.2, 0) is 9.59 Å². The fraction of sp³-hybridized carbons (Fsp3) is 0.100. The molecular weight excluding hydrogens is 396 g/mol. The van der Waals surface area contributed by atoms with Crippen molar-refractivity contribution in [2.24, 2.45) is 0 Å². The number of aliphatic hydroxyl groups is 2. The second kappa shape index (κ2) is 7.93. The summed E-state index contributed by atoms with van der Waals surface area (Å²) in [5.74, 6) is -8.54. The molecule has 0 aliphatic heterocycles. The van der Waals surface area contributed by atoms with E-state index in [1.54, 1.807) is 12.1 Å². The Bertz CT molecular complexity index is 1030. The van der Waals surface area contributed by atoms with Gasteiger partial charge in [0.1, 0.15) is 0 Å². The highest BCUT2D eigenvalue weighted by Crippen LogP contribution is 2.32. The molecule has 2 atom stereocenters. The van der Waals surface area contributed by atoms with Gasteiger partial charge in [0.25, 0.3) is 11.2 Å². The summed E-state index contributed by atoms with van der Waals surface area (Å²) in [6.45, 7) is 0. The van der Waals surface area contributed by atoms with Gasteiger partial charge in [-0.25, -0.2) is 9.59 Å². The summed E-state index contributed by atoms with van der Waals surface area (Å²) < 4.78 is 0. The maximum Gasteiger partial charge on any atom is 0.348 e. The van der Waals surface area contributed by atoms with Crippen LogP contribution in [0.3, 0.4) is 0 Å². The molecule has 2 unspecified atom stereocenters. The lowest BCUT2D eigenvalue weighted by atomic mass is 9.73. The van der Waals surface area contributed by atoms with Crippen LogP contribution in [0.15, 0.2) is 48.5 Å². The number of carboxylic acids is 2. The number of Topliss-reactive ketones (excluding diaryl/α,β-unsaturated/α-hetero) is 2. The molecule has 2 rings (SSSR count). The first kappa shape index (κ1) is 21.9. The van der Waals surface area contributed by atoms with E-state index < -0.39 is 45.8 Å².